The van der Waals surface area contributed by atoms with Crippen molar-refractivity contribution in [3.63, 3.8) is 0 Å². The van der Waals surface area contributed by atoms with E-state index in [1.54, 1.807) is 6.20 Å². The quantitative estimate of drug-likeness (QED) is 0.822. The second kappa shape index (κ2) is 6.91. The number of aryl methyl sites for hydroxylation is 3. The van der Waals surface area contributed by atoms with Gasteiger partial charge in [-0.2, -0.15) is 0 Å². The van der Waals surface area contributed by atoms with Gasteiger partial charge in [-0.05, 0) is 51.8 Å². The van der Waals surface area contributed by atoms with E-state index in [1.165, 1.54) is 0 Å². The van der Waals surface area contributed by atoms with E-state index in [-0.39, 0.29) is 11.7 Å². The Morgan fingerprint density at radius 3 is 2.67 bits per heavy atom. The van der Waals surface area contributed by atoms with Crippen molar-refractivity contribution in [1.82, 2.24) is 19.4 Å². The van der Waals surface area contributed by atoms with Gasteiger partial charge in [0.25, 0.3) is 0 Å². The van der Waals surface area contributed by atoms with Gasteiger partial charge in [0.1, 0.15) is 11.9 Å². The highest BCUT2D eigenvalue weighted by molar-refractivity contribution is 5.98. The standard InChI is InChI=1S/C18H26N4O2/c1-12-10-15(13(2)20-12)16(23)11-22-7-4-14(5-8-22)17(24)18-19-6-9-21(18)3/h6,9-10,14,17,20,24H,4-5,7-8,11H2,1-3H3. The lowest BCUT2D eigenvalue weighted by molar-refractivity contribution is 0.0497. The van der Waals surface area contributed by atoms with Crippen LogP contribution in [0.5, 0.6) is 0 Å². The summed E-state index contributed by atoms with van der Waals surface area (Å²) in [5.41, 5.74) is 2.76. The summed E-state index contributed by atoms with van der Waals surface area (Å²) in [6, 6.07) is 1.93. The fourth-order valence-electron chi connectivity index (χ4n) is 3.60. The Kier molecular flexibility index (Phi) is 4.87. The number of hydrogen-bond donors (Lipinski definition) is 2. The molecule has 1 unspecified atom stereocenters. The molecule has 0 bridgehead atoms. The summed E-state index contributed by atoms with van der Waals surface area (Å²) in [6.07, 6.45) is 4.80. The Labute approximate surface area is 142 Å². The van der Waals surface area contributed by atoms with Crippen LogP contribution in [0.2, 0.25) is 0 Å². The monoisotopic (exact) mass is 330 g/mol. The van der Waals surface area contributed by atoms with E-state index in [4.69, 9.17) is 0 Å². The summed E-state index contributed by atoms with van der Waals surface area (Å²) in [6.45, 7) is 6.02. The molecule has 1 aliphatic rings. The van der Waals surface area contributed by atoms with E-state index in [9.17, 15) is 9.90 Å². The molecule has 3 heterocycles. The number of nitrogens with zero attached hydrogens (tertiary/aromatic N) is 3. The van der Waals surface area contributed by atoms with Gasteiger partial charge in [0.2, 0.25) is 0 Å². The molecule has 2 aromatic heterocycles. The van der Waals surface area contributed by atoms with Crippen molar-refractivity contribution in [3.05, 3.63) is 41.2 Å². The van der Waals surface area contributed by atoms with Crippen LogP contribution in [-0.2, 0) is 7.05 Å². The zero-order valence-corrected chi connectivity index (χ0v) is 14.6. The number of ketones is 1. The van der Waals surface area contributed by atoms with Gasteiger partial charge < -0.3 is 14.7 Å². The van der Waals surface area contributed by atoms with Crippen LogP contribution in [0.3, 0.4) is 0 Å². The molecule has 6 heteroatoms. The van der Waals surface area contributed by atoms with E-state index in [0.717, 1.165) is 48.7 Å². The van der Waals surface area contributed by atoms with Crippen LogP contribution < -0.4 is 0 Å². The average molecular weight is 330 g/mol. The van der Waals surface area contributed by atoms with Crippen molar-refractivity contribution in [3.8, 4) is 0 Å². The summed E-state index contributed by atoms with van der Waals surface area (Å²) in [7, 11) is 1.90. The molecule has 3 rings (SSSR count). The number of H-pyrrole nitrogens is 1. The first-order chi connectivity index (χ1) is 11.5. The fraction of sp³-hybridized carbons (Fsp3) is 0.556. The maximum atomic E-state index is 12.5. The summed E-state index contributed by atoms with van der Waals surface area (Å²) >= 11 is 0. The van der Waals surface area contributed by atoms with Gasteiger partial charge in [-0.1, -0.05) is 0 Å². The van der Waals surface area contributed by atoms with Gasteiger partial charge in [0.05, 0.1) is 6.54 Å². The third-order valence-corrected chi connectivity index (χ3v) is 5.02. The highest BCUT2D eigenvalue weighted by Crippen LogP contribution is 2.29. The van der Waals surface area contributed by atoms with E-state index >= 15 is 0 Å². The molecule has 130 valence electrons. The van der Waals surface area contributed by atoms with Crippen LogP contribution in [0, 0.1) is 19.8 Å². The number of aliphatic hydroxyl groups excluding tert-OH is 1. The topological polar surface area (TPSA) is 74.2 Å². The molecule has 1 fully saturated rings. The molecule has 1 aliphatic heterocycles. The van der Waals surface area contributed by atoms with Crippen LogP contribution in [0.25, 0.3) is 0 Å². The first-order valence-electron chi connectivity index (χ1n) is 8.52. The molecule has 0 aromatic carbocycles. The maximum Gasteiger partial charge on any atom is 0.178 e. The zero-order chi connectivity index (χ0) is 17.3. The minimum atomic E-state index is -0.530. The van der Waals surface area contributed by atoms with Crippen molar-refractivity contribution < 1.29 is 9.90 Å². The van der Waals surface area contributed by atoms with Gasteiger partial charge in [-0.25, -0.2) is 4.98 Å². The third-order valence-electron chi connectivity index (χ3n) is 5.02. The number of carbonyl (C=O) groups excluding carboxylic acids is 1. The smallest absolute Gasteiger partial charge is 0.178 e. The lowest BCUT2D eigenvalue weighted by Crippen LogP contribution is -2.39. The number of likely N-dealkylation sites (tertiary alicyclic amines) is 1. The number of aliphatic hydroxyl groups is 1. The van der Waals surface area contributed by atoms with Crippen molar-refractivity contribution in [2.75, 3.05) is 19.6 Å². The van der Waals surface area contributed by atoms with Crippen molar-refractivity contribution in [2.45, 2.75) is 32.8 Å². The molecular formula is C18H26N4O2. The van der Waals surface area contributed by atoms with E-state index in [1.807, 2.05) is 37.7 Å². The Morgan fingerprint density at radius 2 is 2.12 bits per heavy atom. The number of Topliss-reactive ketones (excluding diaryl/α,β-unsaturated/α-hetero) is 1. The lowest BCUT2D eigenvalue weighted by Gasteiger charge is -2.33. The molecule has 1 saturated heterocycles. The van der Waals surface area contributed by atoms with E-state index in [0.29, 0.717) is 6.54 Å². The molecule has 2 N–H and O–H groups in total. The Morgan fingerprint density at radius 1 is 1.42 bits per heavy atom. The van der Waals surface area contributed by atoms with Crippen LogP contribution in [0.1, 0.15) is 46.5 Å². The lowest BCUT2D eigenvalue weighted by atomic mass is 9.90. The summed E-state index contributed by atoms with van der Waals surface area (Å²) in [5, 5.41) is 10.5. The molecular weight excluding hydrogens is 304 g/mol. The number of rotatable bonds is 5. The Bertz CT molecular complexity index is 710. The number of aromatic nitrogens is 3. The third kappa shape index (κ3) is 3.44. The van der Waals surface area contributed by atoms with Gasteiger partial charge in [-0.3, -0.25) is 9.69 Å². The first-order valence-corrected chi connectivity index (χ1v) is 8.52. The van der Waals surface area contributed by atoms with Crippen LogP contribution in [0.15, 0.2) is 18.5 Å². The van der Waals surface area contributed by atoms with Crippen LogP contribution in [-0.4, -0.2) is 50.0 Å². The second-order valence-electron chi connectivity index (χ2n) is 6.87. The number of aromatic amines is 1. The molecule has 0 saturated carbocycles. The number of hydrogen-bond acceptors (Lipinski definition) is 4. The largest absolute Gasteiger partial charge is 0.385 e. The summed E-state index contributed by atoms with van der Waals surface area (Å²) in [5.74, 6) is 1.09. The number of carbonyl (C=O) groups is 1. The Hall–Kier alpha value is -1.92. The van der Waals surface area contributed by atoms with E-state index in [2.05, 4.69) is 14.9 Å². The summed E-state index contributed by atoms with van der Waals surface area (Å²) in [4.78, 5) is 22.1. The van der Waals surface area contributed by atoms with Gasteiger partial charge >= 0.3 is 0 Å². The van der Waals surface area contributed by atoms with Crippen molar-refractivity contribution in [1.29, 1.82) is 0 Å². The molecule has 0 spiro atoms. The Balaban J connectivity index is 1.55. The van der Waals surface area contributed by atoms with Crippen molar-refractivity contribution >= 4 is 5.78 Å². The predicted octanol–water partition coefficient (Wildman–Crippen LogP) is 1.99. The highest BCUT2D eigenvalue weighted by Gasteiger charge is 2.29. The highest BCUT2D eigenvalue weighted by atomic mass is 16.3. The molecule has 0 amide bonds. The summed E-state index contributed by atoms with van der Waals surface area (Å²) < 4.78 is 1.87. The van der Waals surface area contributed by atoms with Crippen LogP contribution >= 0.6 is 0 Å². The van der Waals surface area contributed by atoms with E-state index < -0.39 is 6.10 Å². The fourth-order valence-corrected chi connectivity index (χ4v) is 3.60. The normalized spacial score (nSPS) is 18.0. The minimum Gasteiger partial charge on any atom is -0.385 e. The van der Waals surface area contributed by atoms with Crippen molar-refractivity contribution in [2.24, 2.45) is 13.0 Å². The van der Waals surface area contributed by atoms with Gasteiger partial charge in [0.15, 0.2) is 5.78 Å². The molecule has 0 aliphatic carbocycles. The van der Waals surface area contributed by atoms with Gasteiger partial charge in [0, 0.05) is 36.4 Å². The molecule has 1 atom stereocenters. The SMILES string of the molecule is Cc1cc(C(=O)CN2CCC(C(O)c3nccn3C)CC2)c(C)[nH]1. The van der Waals surface area contributed by atoms with Gasteiger partial charge in [-0.15, -0.1) is 0 Å². The molecule has 6 nitrogen and oxygen atoms in total. The zero-order valence-electron chi connectivity index (χ0n) is 14.6. The second-order valence-corrected chi connectivity index (χ2v) is 6.87. The number of nitrogens with one attached hydrogen (secondary N) is 1. The maximum absolute atomic E-state index is 12.5. The first kappa shape index (κ1) is 16.9. The predicted molar refractivity (Wildman–Crippen MR) is 91.9 cm³/mol. The molecule has 0 radical (unpaired) electrons. The average Bonchev–Trinajstić information content (AvgIpc) is 3.12. The van der Waals surface area contributed by atoms with Crippen LogP contribution in [0.4, 0.5) is 0 Å². The molecule has 2 aromatic rings. The number of piperidine rings is 1. The molecule has 24 heavy (non-hydrogen) atoms. The minimum absolute atomic E-state index is 0.167. The number of imidazole rings is 1.